The number of likely N-dealkylation sites (N-methyl/N-ethyl adjacent to an activating group) is 1. The maximum atomic E-state index is 12.7. The summed E-state index contributed by atoms with van der Waals surface area (Å²) < 4.78 is 0. The van der Waals surface area contributed by atoms with Gasteiger partial charge in [0.1, 0.15) is 0 Å². The number of carboxylic acids is 1. The molecule has 0 aliphatic heterocycles. The first-order valence-electron chi connectivity index (χ1n) is 10.3. The predicted molar refractivity (Wildman–Crippen MR) is 125 cm³/mol. The van der Waals surface area contributed by atoms with Gasteiger partial charge in [0.25, 0.3) is 0 Å². The first-order valence-corrected chi connectivity index (χ1v) is 10.3. The lowest BCUT2D eigenvalue weighted by Crippen LogP contribution is -2.30. The number of aliphatic carboxylic acids is 1. The third-order valence-electron chi connectivity index (χ3n) is 5.27. The van der Waals surface area contributed by atoms with Crippen LogP contribution in [0.2, 0.25) is 0 Å². The zero-order chi connectivity index (χ0) is 22.2. The molecule has 1 N–H and O–H groups in total. The summed E-state index contributed by atoms with van der Waals surface area (Å²) >= 11 is 0. The summed E-state index contributed by atoms with van der Waals surface area (Å²) in [4.78, 5) is 25.9. The van der Waals surface area contributed by atoms with Crippen molar-refractivity contribution in [3.05, 3.63) is 101 Å². The molecule has 0 saturated carbocycles. The van der Waals surface area contributed by atoms with Gasteiger partial charge in [0.05, 0.1) is 6.42 Å². The van der Waals surface area contributed by atoms with Gasteiger partial charge in [-0.2, -0.15) is 0 Å². The van der Waals surface area contributed by atoms with Gasteiger partial charge in [-0.25, -0.2) is 4.79 Å². The molecule has 0 radical (unpaired) electrons. The summed E-state index contributed by atoms with van der Waals surface area (Å²) in [5.74, 6) is -0.922. The molecule has 158 valence electrons. The van der Waals surface area contributed by atoms with Crippen LogP contribution in [-0.4, -0.2) is 35.5 Å². The molecule has 4 heteroatoms. The third kappa shape index (κ3) is 6.16. The molecule has 3 aromatic carbocycles. The molecule has 0 bridgehead atoms. The Labute approximate surface area is 183 Å². The van der Waals surface area contributed by atoms with Crippen molar-refractivity contribution in [1.82, 2.24) is 4.90 Å². The van der Waals surface area contributed by atoms with Gasteiger partial charge in [0.15, 0.2) is 0 Å². The van der Waals surface area contributed by atoms with Gasteiger partial charge in [0, 0.05) is 19.2 Å². The number of amides is 1. The lowest BCUT2D eigenvalue weighted by Gasteiger charge is -2.18. The molecule has 0 atom stereocenters. The van der Waals surface area contributed by atoms with Crippen LogP contribution < -0.4 is 0 Å². The molecule has 1 amide bonds. The Morgan fingerprint density at radius 3 is 2.19 bits per heavy atom. The van der Waals surface area contributed by atoms with Crippen LogP contribution in [0.5, 0.6) is 0 Å². The average molecular weight is 414 g/mol. The fourth-order valence-electron chi connectivity index (χ4n) is 3.39. The Hall–Kier alpha value is -3.66. The SMILES string of the molecule is C/C(=C\c1cc(CC(=O)N(C)CCc2ccccc2)ccc1-c1ccccc1)C(=O)O. The first kappa shape index (κ1) is 22.0. The van der Waals surface area contributed by atoms with Crippen LogP contribution >= 0.6 is 0 Å². The molecule has 0 fully saturated rings. The van der Waals surface area contributed by atoms with Crippen LogP contribution in [0.15, 0.2) is 84.4 Å². The Kier molecular flexibility index (Phi) is 7.39. The number of carbonyl (C=O) groups is 2. The van der Waals surface area contributed by atoms with Crippen molar-refractivity contribution in [2.24, 2.45) is 0 Å². The number of carbonyl (C=O) groups excluding carboxylic acids is 1. The normalized spacial score (nSPS) is 11.2. The fraction of sp³-hybridized carbons (Fsp3) is 0.185. The summed E-state index contributed by atoms with van der Waals surface area (Å²) in [6, 6.07) is 25.7. The minimum absolute atomic E-state index is 0.0354. The van der Waals surface area contributed by atoms with Crippen LogP contribution in [0.1, 0.15) is 23.6 Å². The van der Waals surface area contributed by atoms with E-state index >= 15 is 0 Å². The molecule has 0 heterocycles. The van der Waals surface area contributed by atoms with E-state index in [0.29, 0.717) is 6.54 Å². The largest absolute Gasteiger partial charge is 0.478 e. The average Bonchev–Trinajstić information content (AvgIpc) is 2.78. The van der Waals surface area contributed by atoms with Gasteiger partial charge in [-0.1, -0.05) is 78.9 Å². The van der Waals surface area contributed by atoms with E-state index in [9.17, 15) is 14.7 Å². The molecule has 0 spiro atoms. The molecule has 3 rings (SSSR count). The van der Waals surface area contributed by atoms with Crippen molar-refractivity contribution in [2.45, 2.75) is 19.8 Å². The molecular weight excluding hydrogens is 386 g/mol. The number of hydrogen-bond acceptors (Lipinski definition) is 2. The van der Waals surface area contributed by atoms with Crippen LogP contribution in [0, 0.1) is 0 Å². The highest BCUT2D eigenvalue weighted by Gasteiger charge is 2.13. The number of nitrogens with zero attached hydrogens (tertiary/aromatic N) is 1. The second kappa shape index (κ2) is 10.4. The van der Waals surface area contributed by atoms with Crippen molar-refractivity contribution in [3.63, 3.8) is 0 Å². The van der Waals surface area contributed by atoms with Gasteiger partial charge in [-0.15, -0.1) is 0 Å². The van der Waals surface area contributed by atoms with E-state index in [4.69, 9.17) is 0 Å². The summed E-state index contributed by atoms with van der Waals surface area (Å²) in [5, 5.41) is 9.32. The molecule has 31 heavy (non-hydrogen) atoms. The Morgan fingerprint density at radius 2 is 1.55 bits per heavy atom. The van der Waals surface area contributed by atoms with E-state index in [1.165, 1.54) is 5.56 Å². The van der Waals surface area contributed by atoms with E-state index < -0.39 is 5.97 Å². The van der Waals surface area contributed by atoms with Crippen molar-refractivity contribution < 1.29 is 14.7 Å². The van der Waals surface area contributed by atoms with Gasteiger partial charge in [-0.3, -0.25) is 4.79 Å². The van der Waals surface area contributed by atoms with Crippen LogP contribution in [0.25, 0.3) is 17.2 Å². The fourth-order valence-corrected chi connectivity index (χ4v) is 3.39. The van der Waals surface area contributed by atoms with Crippen molar-refractivity contribution in [2.75, 3.05) is 13.6 Å². The van der Waals surface area contributed by atoms with E-state index in [1.807, 2.05) is 73.8 Å². The van der Waals surface area contributed by atoms with E-state index in [0.717, 1.165) is 28.7 Å². The van der Waals surface area contributed by atoms with E-state index in [1.54, 1.807) is 17.9 Å². The molecular formula is C27H27NO3. The van der Waals surface area contributed by atoms with Gasteiger partial charge >= 0.3 is 5.97 Å². The summed E-state index contributed by atoms with van der Waals surface area (Å²) in [7, 11) is 1.82. The second-order valence-electron chi connectivity index (χ2n) is 7.65. The lowest BCUT2D eigenvalue weighted by atomic mass is 9.95. The number of carboxylic acid groups (broad SMARTS) is 1. The third-order valence-corrected chi connectivity index (χ3v) is 5.27. The highest BCUT2D eigenvalue weighted by Crippen LogP contribution is 2.27. The highest BCUT2D eigenvalue weighted by atomic mass is 16.4. The smallest absolute Gasteiger partial charge is 0.331 e. The Balaban J connectivity index is 1.78. The molecule has 0 aromatic heterocycles. The first-order chi connectivity index (χ1) is 14.9. The molecule has 3 aromatic rings. The maximum Gasteiger partial charge on any atom is 0.331 e. The standard InChI is InChI=1S/C27H27NO3/c1-20(27(30)31)17-24-18-22(13-14-25(24)23-11-7-4-8-12-23)19-26(29)28(2)16-15-21-9-5-3-6-10-21/h3-14,17-18H,15-16,19H2,1-2H3,(H,30,31)/b20-17+. The lowest BCUT2D eigenvalue weighted by molar-refractivity contribution is -0.132. The van der Waals surface area contributed by atoms with Crippen molar-refractivity contribution in [1.29, 1.82) is 0 Å². The van der Waals surface area contributed by atoms with Gasteiger partial charge in [0.2, 0.25) is 5.91 Å². The van der Waals surface area contributed by atoms with Crippen LogP contribution in [0.4, 0.5) is 0 Å². The molecule has 0 aliphatic rings. The highest BCUT2D eigenvalue weighted by molar-refractivity contribution is 5.93. The summed E-state index contributed by atoms with van der Waals surface area (Å²) in [6.45, 7) is 2.22. The predicted octanol–water partition coefficient (Wildman–Crippen LogP) is 5.09. The van der Waals surface area contributed by atoms with Crippen molar-refractivity contribution >= 4 is 18.0 Å². The number of rotatable bonds is 8. The minimum atomic E-state index is -0.957. The topological polar surface area (TPSA) is 57.6 Å². The Morgan fingerprint density at radius 1 is 0.903 bits per heavy atom. The van der Waals surface area contributed by atoms with Crippen LogP contribution in [-0.2, 0) is 22.4 Å². The van der Waals surface area contributed by atoms with Crippen LogP contribution in [0.3, 0.4) is 0 Å². The summed E-state index contributed by atoms with van der Waals surface area (Å²) in [5.41, 5.74) is 5.05. The second-order valence-corrected chi connectivity index (χ2v) is 7.65. The van der Waals surface area contributed by atoms with Gasteiger partial charge < -0.3 is 10.0 Å². The number of hydrogen-bond donors (Lipinski definition) is 1. The van der Waals surface area contributed by atoms with Gasteiger partial charge in [-0.05, 0) is 47.2 Å². The monoisotopic (exact) mass is 413 g/mol. The van der Waals surface area contributed by atoms with E-state index in [-0.39, 0.29) is 17.9 Å². The zero-order valence-electron chi connectivity index (χ0n) is 17.9. The zero-order valence-corrected chi connectivity index (χ0v) is 17.9. The number of benzene rings is 3. The molecule has 0 unspecified atom stereocenters. The molecule has 4 nitrogen and oxygen atoms in total. The Bertz CT molecular complexity index is 1070. The summed E-state index contributed by atoms with van der Waals surface area (Å²) in [6.07, 6.45) is 2.74. The molecule has 0 saturated heterocycles. The van der Waals surface area contributed by atoms with Crippen molar-refractivity contribution in [3.8, 4) is 11.1 Å². The molecule has 0 aliphatic carbocycles. The maximum absolute atomic E-state index is 12.7. The van der Waals surface area contributed by atoms with E-state index in [2.05, 4.69) is 12.1 Å². The minimum Gasteiger partial charge on any atom is -0.478 e. The quantitative estimate of drug-likeness (QED) is 0.524.